The summed E-state index contributed by atoms with van der Waals surface area (Å²) in [6.45, 7) is 4.08. The maximum atomic E-state index is 12.8. The minimum Gasteiger partial charge on any atom is -0.462 e. The van der Waals surface area contributed by atoms with Crippen LogP contribution < -0.4 is 0 Å². The SMILES string of the molecule is CC/C=C\C/C=C\C/C=C\C/C=C\C/C=C\C/C=C\C/C=C\C/C=C\C/C=C\C/C=C\CCCCC(=O)OC(COC(=O)CCCCCC/C=C\C/C=C\C/C=C\C/C=C\C/C=C\C/C=C\C/C=C\C/C=C\CC)COP(=O)(O)OCC[N+](C)(C)C. The Morgan fingerprint density at radius 3 is 0.942 bits per heavy atom. The number of hydrogen-bond acceptors (Lipinski definition) is 7. The Hall–Kier alpha value is -5.67. The highest BCUT2D eigenvalue weighted by atomic mass is 31.2. The molecule has 0 rings (SSSR count). The highest BCUT2D eigenvalue weighted by Gasteiger charge is 2.27. The number of carbonyl (C=O) groups excluding carboxylic acids is 2. The molecule has 0 aromatic heterocycles. The predicted molar refractivity (Wildman–Crippen MR) is 371 cm³/mol. The molecule has 0 radical (unpaired) electrons. The van der Waals surface area contributed by atoms with E-state index in [1.165, 1.54) is 0 Å². The van der Waals surface area contributed by atoms with Gasteiger partial charge in [0.15, 0.2) is 6.10 Å². The van der Waals surface area contributed by atoms with Crippen LogP contribution in [0.4, 0.5) is 0 Å². The predicted octanol–water partition coefficient (Wildman–Crippen LogP) is 21.3. The first-order valence-corrected chi connectivity index (χ1v) is 34.0. The molecule has 0 heterocycles. The van der Waals surface area contributed by atoms with Crippen LogP contribution in [0.15, 0.2) is 219 Å². The van der Waals surface area contributed by atoms with Crippen LogP contribution >= 0.6 is 7.82 Å². The third-order valence-corrected chi connectivity index (χ3v) is 13.5. The average Bonchev–Trinajstić information content (AvgIpc) is 3.70. The van der Waals surface area contributed by atoms with Gasteiger partial charge < -0.3 is 18.9 Å². The molecule has 10 heteroatoms. The number of carbonyl (C=O) groups is 2. The molecule has 0 aliphatic carbocycles. The third kappa shape index (κ3) is 67.5. The number of rotatable bonds is 56. The van der Waals surface area contributed by atoms with Crippen LogP contribution in [0.5, 0.6) is 0 Å². The van der Waals surface area contributed by atoms with Crippen molar-refractivity contribution in [1.82, 2.24) is 0 Å². The van der Waals surface area contributed by atoms with Crippen LogP contribution in [0.1, 0.15) is 194 Å². The standard InChI is InChI=1S/C76H116NO8P/c1-6-8-10-12-14-16-18-20-22-24-26-28-30-32-34-36-37-38-39-41-43-45-47-49-51-53-55-57-59-61-63-65-67-69-76(79)85-74(73-84-86(80,81)83-71-70-77(3,4)5)72-82-75(78)68-66-64-62-60-58-56-54-52-50-48-46-44-42-40-35-33-31-29-27-25-23-21-19-17-15-13-11-9-7-2/h8-11,14-17,20-23,26-29,32-35,37-38,41-44,47-50,53-56,59,61,74H,6-7,12-13,18-19,24-25,30-31,36,39-40,45-46,51-52,57-58,60,62-73H2,1-5H3/p+1/b10-8-,11-9-,16-14-,17-15-,22-20-,23-21-,28-26-,29-27-,34-32-,35-33-,38-37-,43-41-,44-42-,49-47-,50-48-,55-53-,56-54-,61-59-. The molecule has 2 unspecified atom stereocenters. The lowest BCUT2D eigenvalue weighted by Gasteiger charge is -2.24. The van der Waals surface area contributed by atoms with Crippen molar-refractivity contribution in [2.45, 2.75) is 200 Å². The van der Waals surface area contributed by atoms with Gasteiger partial charge in [-0.05, 0) is 154 Å². The molecule has 0 fully saturated rings. The fourth-order valence-electron chi connectivity index (χ4n) is 7.59. The smallest absolute Gasteiger partial charge is 0.462 e. The fraction of sp³-hybridized carbons (Fsp3) is 0.500. The van der Waals surface area contributed by atoms with Crippen molar-refractivity contribution in [2.24, 2.45) is 0 Å². The highest BCUT2D eigenvalue weighted by molar-refractivity contribution is 7.47. The van der Waals surface area contributed by atoms with E-state index in [9.17, 15) is 19.0 Å². The van der Waals surface area contributed by atoms with Gasteiger partial charge in [0, 0.05) is 12.8 Å². The zero-order valence-electron chi connectivity index (χ0n) is 54.2. The van der Waals surface area contributed by atoms with E-state index in [1.54, 1.807) is 0 Å². The van der Waals surface area contributed by atoms with Crippen LogP contribution in [0, 0.1) is 0 Å². The van der Waals surface area contributed by atoms with E-state index in [1.807, 2.05) is 21.1 Å². The molecule has 0 aliphatic rings. The van der Waals surface area contributed by atoms with Gasteiger partial charge in [-0.3, -0.25) is 18.6 Å². The molecule has 0 saturated carbocycles. The molecule has 0 aromatic rings. The molecular formula is C76H117NO8P+. The Morgan fingerprint density at radius 2 is 0.628 bits per heavy atom. The quantitative estimate of drug-likeness (QED) is 0.0211. The molecule has 478 valence electrons. The van der Waals surface area contributed by atoms with Crippen molar-refractivity contribution >= 4 is 19.8 Å². The van der Waals surface area contributed by atoms with E-state index in [4.69, 9.17) is 18.5 Å². The molecular weight excluding hydrogens is 1090 g/mol. The summed E-state index contributed by atoms with van der Waals surface area (Å²) in [6, 6.07) is 0. The van der Waals surface area contributed by atoms with Crippen LogP contribution in [-0.2, 0) is 32.7 Å². The Balaban J connectivity index is 4.35. The number of phosphoric ester groups is 1. The van der Waals surface area contributed by atoms with E-state index in [-0.39, 0.29) is 26.1 Å². The summed E-state index contributed by atoms with van der Waals surface area (Å²) in [5.41, 5.74) is 0. The second kappa shape index (κ2) is 63.8. The number of unbranched alkanes of at least 4 members (excludes halogenated alkanes) is 6. The van der Waals surface area contributed by atoms with Gasteiger partial charge >= 0.3 is 19.8 Å². The molecule has 0 amide bonds. The second-order valence-electron chi connectivity index (χ2n) is 21.7. The molecule has 0 aromatic carbocycles. The number of ether oxygens (including phenoxy) is 2. The summed E-state index contributed by atoms with van der Waals surface area (Å²) < 4.78 is 34.5. The van der Waals surface area contributed by atoms with Gasteiger partial charge in [0.25, 0.3) is 0 Å². The van der Waals surface area contributed by atoms with Crippen molar-refractivity contribution in [3.8, 4) is 0 Å². The van der Waals surface area contributed by atoms with Crippen LogP contribution in [-0.4, -0.2) is 74.9 Å². The molecule has 9 nitrogen and oxygen atoms in total. The minimum absolute atomic E-state index is 0.00445. The van der Waals surface area contributed by atoms with E-state index >= 15 is 0 Å². The summed E-state index contributed by atoms with van der Waals surface area (Å²) in [6.07, 6.45) is 103. The molecule has 2 atom stereocenters. The summed E-state index contributed by atoms with van der Waals surface area (Å²) in [5, 5.41) is 0. The van der Waals surface area contributed by atoms with Crippen molar-refractivity contribution in [1.29, 1.82) is 0 Å². The molecule has 0 aliphatic heterocycles. The molecule has 0 bridgehead atoms. The van der Waals surface area contributed by atoms with E-state index in [0.29, 0.717) is 23.9 Å². The van der Waals surface area contributed by atoms with Crippen LogP contribution in [0.3, 0.4) is 0 Å². The van der Waals surface area contributed by atoms with Crippen LogP contribution in [0.25, 0.3) is 0 Å². The van der Waals surface area contributed by atoms with Crippen LogP contribution in [0.2, 0.25) is 0 Å². The average molecular weight is 1200 g/mol. The van der Waals surface area contributed by atoms with Crippen molar-refractivity contribution in [3.05, 3.63) is 219 Å². The number of quaternary nitrogens is 1. The van der Waals surface area contributed by atoms with Gasteiger partial charge in [-0.1, -0.05) is 245 Å². The number of hydrogen-bond donors (Lipinski definition) is 1. The Kier molecular flexibility index (Phi) is 59.6. The zero-order chi connectivity index (χ0) is 62.6. The lowest BCUT2D eigenvalue weighted by molar-refractivity contribution is -0.870. The van der Waals surface area contributed by atoms with E-state index < -0.39 is 32.5 Å². The van der Waals surface area contributed by atoms with E-state index in [2.05, 4.69) is 233 Å². The van der Waals surface area contributed by atoms with Gasteiger partial charge in [0.05, 0.1) is 27.7 Å². The summed E-state index contributed by atoms with van der Waals surface area (Å²) in [4.78, 5) is 35.8. The summed E-state index contributed by atoms with van der Waals surface area (Å²) in [5.74, 6) is -0.901. The molecule has 0 saturated heterocycles. The first-order chi connectivity index (χ1) is 42.0. The largest absolute Gasteiger partial charge is 0.472 e. The van der Waals surface area contributed by atoms with Crippen molar-refractivity contribution < 1.29 is 42.1 Å². The Morgan fingerprint density at radius 1 is 0.360 bits per heavy atom. The van der Waals surface area contributed by atoms with Crippen molar-refractivity contribution in [3.63, 3.8) is 0 Å². The molecule has 86 heavy (non-hydrogen) atoms. The molecule has 0 spiro atoms. The van der Waals surface area contributed by atoms with Crippen molar-refractivity contribution in [2.75, 3.05) is 47.5 Å². The number of nitrogens with zero attached hydrogens (tertiary/aromatic N) is 1. The maximum absolute atomic E-state index is 12.8. The highest BCUT2D eigenvalue weighted by Crippen LogP contribution is 2.43. The Bertz CT molecular complexity index is 2250. The molecule has 1 N–H and O–H groups in total. The minimum atomic E-state index is -4.43. The number of likely N-dealkylation sites (N-methyl/N-ethyl adjacent to an activating group) is 1. The number of allylic oxidation sites excluding steroid dienone is 36. The Labute approximate surface area is 525 Å². The second-order valence-corrected chi connectivity index (χ2v) is 23.1. The first-order valence-electron chi connectivity index (χ1n) is 32.5. The van der Waals surface area contributed by atoms with Gasteiger partial charge in [-0.15, -0.1) is 0 Å². The topological polar surface area (TPSA) is 108 Å². The maximum Gasteiger partial charge on any atom is 0.472 e. The van der Waals surface area contributed by atoms with Gasteiger partial charge in [-0.25, -0.2) is 4.57 Å². The van der Waals surface area contributed by atoms with Gasteiger partial charge in [0.1, 0.15) is 19.8 Å². The lowest BCUT2D eigenvalue weighted by atomic mass is 10.1. The van der Waals surface area contributed by atoms with Gasteiger partial charge in [-0.2, -0.15) is 0 Å². The monoisotopic (exact) mass is 1200 g/mol. The fourth-order valence-corrected chi connectivity index (χ4v) is 8.33. The number of esters is 2. The zero-order valence-corrected chi connectivity index (χ0v) is 55.1. The summed E-state index contributed by atoms with van der Waals surface area (Å²) >= 11 is 0. The summed E-state index contributed by atoms with van der Waals surface area (Å²) in [7, 11) is 1.39. The number of phosphoric acid groups is 1. The third-order valence-electron chi connectivity index (χ3n) is 12.5. The lowest BCUT2D eigenvalue weighted by Crippen LogP contribution is -2.37. The first kappa shape index (κ1) is 80.3. The van der Waals surface area contributed by atoms with Gasteiger partial charge in [0.2, 0.25) is 0 Å². The van der Waals surface area contributed by atoms with E-state index in [0.717, 1.165) is 154 Å². The normalized spacial score (nSPS) is 14.6.